The molecule has 1 amide bonds. The molecule has 0 aliphatic carbocycles. The molecule has 2 saturated heterocycles. The second-order valence-electron chi connectivity index (χ2n) is 5.56. The number of hydrogen-bond donors (Lipinski definition) is 2. The first-order chi connectivity index (χ1) is 9.26. The molecule has 5 heteroatoms. The molecule has 2 fully saturated rings. The van der Waals surface area contributed by atoms with Crippen LogP contribution in [0.5, 0.6) is 0 Å². The number of hydrogen-bond acceptors (Lipinski definition) is 4. The molecule has 110 valence electrons. The highest BCUT2D eigenvalue weighted by molar-refractivity contribution is 5.69. The molecule has 2 aliphatic rings. The first kappa shape index (κ1) is 14.6. The van der Waals surface area contributed by atoms with E-state index in [0.717, 1.165) is 38.8 Å². The van der Waals surface area contributed by atoms with Crippen molar-refractivity contribution in [1.82, 2.24) is 15.5 Å². The molecule has 2 aliphatic heterocycles. The van der Waals surface area contributed by atoms with Gasteiger partial charge in [0.1, 0.15) is 0 Å². The summed E-state index contributed by atoms with van der Waals surface area (Å²) in [6, 6.07) is 1.32. The van der Waals surface area contributed by atoms with Crippen LogP contribution in [0.25, 0.3) is 0 Å². The van der Waals surface area contributed by atoms with Gasteiger partial charge in [-0.2, -0.15) is 0 Å². The van der Waals surface area contributed by atoms with E-state index in [2.05, 4.69) is 10.6 Å². The topological polar surface area (TPSA) is 53.6 Å². The summed E-state index contributed by atoms with van der Waals surface area (Å²) < 4.78 is 5.21. The lowest BCUT2D eigenvalue weighted by Crippen LogP contribution is -2.42. The number of likely N-dealkylation sites (N-methyl/N-ethyl adjacent to an activating group) is 1. The predicted octanol–water partition coefficient (Wildman–Crippen LogP) is 1.34. The molecular formula is C14H27N3O2. The maximum atomic E-state index is 12.1. The van der Waals surface area contributed by atoms with Crippen LogP contribution < -0.4 is 10.6 Å². The summed E-state index contributed by atoms with van der Waals surface area (Å²) in [5.41, 5.74) is 0. The second-order valence-corrected chi connectivity index (χ2v) is 5.56. The van der Waals surface area contributed by atoms with Gasteiger partial charge in [-0.3, -0.25) is 0 Å². The van der Waals surface area contributed by atoms with E-state index >= 15 is 0 Å². The number of carbonyl (C=O) groups excluding carboxylic acids is 1. The first-order valence-corrected chi connectivity index (χ1v) is 7.59. The van der Waals surface area contributed by atoms with Gasteiger partial charge in [-0.15, -0.1) is 0 Å². The fourth-order valence-electron chi connectivity index (χ4n) is 3.40. The van der Waals surface area contributed by atoms with Crippen molar-refractivity contribution in [3.05, 3.63) is 0 Å². The van der Waals surface area contributed by atoms with E-state index < -0.39 is 0 Å². The number of carbonyl (C=O) groups is 1. The molecule has 3 atom stereocenters. The van der Waals surface area contributed by atoms with Crippen molar-refractivity contribution in [2.24, 2.45) is 0 Å². The largest absolute Gasteiger partial charge is 0.450 e. The van der Waals surface area contributed by atoms with Gasteiger partial charge in [-0.1, -0.05) is 0 Å². The van der Waals surface area contributed by atoms with Crippen LogP contribution in [-0.4, -0.2) is 55.9 Å². The van der Waals surface area contributed by atoms with Crippen LogP contribution in [-0.2, 0) is 4.74 Å². The summed E-state index contributed by atoms with van der Waals surface area (Å²) >= 11 is 0. The Hall–Kier alpha value is -0.810. The molecule has 0 spiro atoms. The molecule has 0 aromatic carbocycles. The third kappa shape index (κ3) is 3.60. The molecule has 0 radical (unpaired) electrons. The molecule has 2 N–H and O–H groups in total. The Bertz CT molecular complexity index is 298. The van der Waals surface area contributed by atoms with Crippen LogP contribution in [0, 0.1) is 0 Å². The summed E-state index contributed by atoms with van der Waals surface area (Å²) in [4.78, 5) is 14.1. The van der Waals surface area contributed by atoms with Gasteiger partial charge in [0.2, 0.25) is 0 Å². The Morgan fingerprint density at radius 3 is 2.68 bits per heavy atom. The molecule has 2 rings (SSSR count). The van der Waals surface area contributed by atoms with Gasteiger partial charge in [0.05, 0.1) is 6.61 Å². The van der Waals surface area contributed by atoms with Crippen LogP contribution in [0.2, 0.25) is 0 Å². The zero-order valence-corrected chi connectivity index (χ0v) is 12.2. The number of fused-ring (bicyclic) bond motifs is 2. The van der Waals surface area contributed by atoms with E-state index in [4.69, 9.17) is 4.74 Å². The molecular weight excluding hydrogens is 242 g/mol. The van der Waals surface area contributed by atoms with Crippen molar-refractivity contribution < 1.29 is 9.53 Å². The van der Waals surface area contributed by atoms with Gasteiger partial charge in [0, 0.05) is 31.2 Å². The minimum absolute atomic E-state index is 0.106. The molecule has 3 unspecified atom stereocenters. The quantitative estimate of drug-likeness (QED) is 0.740. The summed E-state index contributed by atoms with van der Waals surface area (Å²) in [6.07, 6.45) is 5.51. The average Bonchev–Trinajstić information content (AvgIpc) is 2.68. The van der Waals surface area contributed by atoms with Gasteiger partial charge >= 0.3 is 6.09 Å². The molecule has 2 heterocycles. The maximum absolute atomic E-state index is 12.1. The van der Waals surface area contributed by atoms with Crippen molar-refractivity contribution in [1.29, 1.82) is 0 Å². The van der Waals surface area contributed by atoms with Gasteiger partial charge in [0.25, 0.3) is 0 Å². The van der Waals surface area contributed by atoms with E-state index in [-0.39, 0.29) is 6.09 Å². The number of amides is 1. The van der Waals surface area contributed by atoms with Gasteiger partial charge in [-0.05, 0) is 46.1 Å². The lowest BCUT2D eigenvalue weighted by molar-refractivity contribution is 0.0884. The van der Waals surface area contributed by atoms with Crippen molar-refractivity contribution >= 4 is 6.09 Å². The Kier molecular flexibility index (Phi) is 5.45. The maximum Gasteiger partial charge on any atom is 0.410 e. The summed E-state index contributed by atoms with van der Waals surface area (Å²) in [7, 11) is 1.97. The van der Waals surface area contributed by atoms with E-state index in [0.29, 0.717) is 24.7 Å². The highest BCUT2D eigenvalue weighted by atomic mass is 16.6. The third-order valence-corrected chi connectivity index (χ3v) is 4.31. The van der Waals surface area contributed by atoms with E-state index in [1.54, 1.807) is 0 Å². The highest BCUT2D eigenvalue weighted by Crippen LogP contribution is 2.34. The number of nitrogens with zero attached hydrogens (tertiary/aromatic N) is 1. The number of ether oxygens (including phenoxy) is 1. The molecule has 0 aromatic heterocycles. The van der Waals surface area contributed by atoms with Crippen LogP contribution in [0.15, 0.2) is 0 Å². The lowest BCUT2D eigenvalue weighted by Gasteiger charge is -2.27. The molecule has 5 nitrogen and oxygen atoms in total. The van der Waals surface area contributed by atoms with Crippen LogP contribution in [0.4, 0.5) is 4.79 Å². The SMILES string of the molecule is CCOC(=O)N1C2CCC(NCCNC)CC1CC2. The standard InChI is InChI=1S/C14H27N3O2/c1-3-19-14(18)17-12-5-4-11(16-9-8-15-2)10-13(17)7-6-12/h11-13,15-16H,3-10H2,1-2H3. The van der Waals surface area contributed by atoms with E-state index in [1.807, 2.05) is 18.9 Å². The van der Waals surface area contributed by atoms with Gasteiger partial charge in [0.15, 0.2) is 0 Å². The van der Waals surface area contributed by atoms with Gasteiger partial charge < -0.3 is 20.3 Å². The molecule has 2 bridgehead atoms. The molecule has 0 aromatic rings. The zero-order valence-electron chi connectivity index (χ0n) is 12.2. The van der Waals surface area contributed by atoms with Crippen molar-refractivity contribution in [3.63, 3.8) is 0 Å². The Labute approximate surface area is 116 Å². The minimum Gasteiger partial charge on any atom is -0.450 e. The average molecular weight is 269 g/mol. The smallest absolute Gasteiger partial charge is 0.410 e. The summed E-state index contributed by atoms with van der Waals surface area (Å²) in [5, 5.41) is 6.75. The number of rotatable bonds is 5. The minimum atomic E-state index is -0.106. The summed E-state index contributed by atoms with van der Waals surface area (Å²) in [5.74, 6) is 0. The number of nitrogens with one attached hydrogen (secondary N) is 2. The lowest BCUT2D eigenvalue weighted by atomic mass is 9.97. The first-order valence-electron chi connectivity index (χ1n) is 7.59. The Balaban J connectivity index is 1.90. The fraction of sp³-hybridized carbons (Fsp3) is 0.929. The summed E-state index contributed by atoms with van der Waals surface area (Å²) in [6.45, 7) is 4.34. The van der Waals surface area contributed by atoms with Crippen LogP contribution in [0.1, 0.15) is 39.0 Å². The normalized spacial score (nSPS) is 30.2. The van der Waals surface area contributed by atoms with E-state index in [9.17, 15) is 4.79 Å². The molecule has 0 saturated carbocycles. The Morgan fingerprint density at radius 1 is 1.21 bits per heavy atom. The predicted molar refractivity (Wildman–Crippen MR) is 75.2 cm³/mol. The van der Waals surface area contributed by atoms with Crippen LogP contribution in [0.3, 0.4) is 0 Å². The third-order valence-electron chi connectivity index (χ3n) is 4.31. The zero-order chi connectivity index (χ0) is 13.7. The monoisotopic (exact) mass is 269 g/mol. The fourth-order valence-corrected chi connectivity index (χ4v) is 3.40. The molecule has 19 heavy (non-hydrogen) atoms. The van der Waals surface area contributed by atoms with Gasteiger partial charge in [-0.25, -0.2) is 4.79 Å². The van der Waals surface area contributed by atoms with E-state index in [1.165, 1.54) is 6.42 Å². The van der Waals surface area contributed by atoms with Crippen molar-refractivity contribution in [2.45, 2.75) is 57.2 Å². The van der Waals surface area contributed by atoms with Crippen molar-refractivity contribution in [2.75, 3.05) is 26.7 Å². The van der Waals surface area contributed by atoms with Crippen LogP contribution >= 0.6 is 0 Å². The van der Waals surface area contributed by atoms with Crippen molar-refractivity contribution in [3.8, 4) is 0 Å². The Morgan fingerprint density at radius 2 is 1.95 bits per heavy atom. The highest BCUT2D eigenvalue weighted by Gasteiger charge is 2.41. The second kappa shape index (κ2) is 7.10.